The average Bonchev–Trinajstić information content (AvgIpc) is 2.15. The van der Waals surface area contributed by atoms with E-state index in [0.29, 0.717) is 6.42 Å². The zero-order valence-electron chi connectivity index (χ0n) is 5.72. The molecule has 1 N–H and O–H groups in total. The van der Waals surface area contributed by atoms with E-state index < -0.39 is 12.1 Å². The third-order valence-electron chi connectivity index (χ3n) is 2.00. The number of aliphatic carboxylic acids is 1. The predicted molar refractivity (Wildman–Crippen MR) is 34.5 cm³/mol. The summed E-state index contributed by atoms with van der Waals surface area (Å²) in [6.45, 7) is 0. The van der Waals surface area contributed by atoms with Crippen LogP contribution in [0.1, 0.15) is 25.7 Å². The first kappa shape index (κ1) is 7.51. The minimum absolute atomic E-state index is 0.00116. The molecular formula is C7H11FO2. The summed E-state index contributed by atoms with van der Waals surface area (Å²) in [6.07, 6.45) is 1.28. The van der Waals surface area contributed by atoms with Gasteiger partial charge in [0.1, 0.15) is 6.17 Å². The van der Waals surface area contributed by atoms with Gasteiger partial charge in [-0.2, -0.15) is 0 Å². The smallest absolute Gasteiger partial charge is 0.303 e. The molecule has 1 aliphatic rings. The van der Waals surface area contributed by atoms with Gasteiger partial charge in [0.05, 0.1) is 6.42 Å². The molecule has 1 aliphatic carbocycles. The molecule has 1 saturated carbocycles. The quantitative estimate of drug-likeness (QED) is 0.642. The Kier molecular flexibility index (Phi) is 2.25. The SMILES string of the molecule is O=C(O)C[C@@H]1CCC[C@@H]1F. The molecule has 0 heterocycles. The second-order valence-corrected chi connectivity index (χ2v) is 2.80. The second-order valence-electron chi connectivity index (χ2n) is 2.80. The van der Waals surface area contributed by atoms with Crippen molar-refractivity contribution in [3.63, 3.8) is 0 Å². The fourth-order valence-corrected chi connectivity index (χ4v) is 1.45. The Morgan fingerprint density at radius 1 is 1.60 bits per heavy atom. The number of alkyl halides is 1. The second kappa shape index (κ2) is 2.99. The summed E-state index contributed by atoms with van der Waals surface area (Å²) in [6, 6.07) is 0. The number of hydrogen-bond donors (Lipinski definition) is 1. The van der Waals surface area contributed by atoms with E-state index in [0.717, 1.165) is 12.8 Å². The van der Waals surface area contributed by atoms with Crippen molar-refractivity contribution in [1.82, 2.24) is 0 Å². The van der Waals surface area contributed by atoms with E-state index in [1.807, 2.05) is 0 Å². The maximum Gasteiger partial charge on any atom is 0.303 e. The van der Waals surface area contributed by atoms with Gasteiger partial charge in [-0.3, -0.25) is 4.79 Å². The van der Waals surface area contributed by atoms with Crippen LogP contribution in [-0.2, 0) is 4.79 Å². The lowest BCUT2D eigenvalue weighted by atomic mass is 10.0. The molecule has 0 unspecified atom stereocenters. The van der Waals surface area contributed by atoms with Crippen molar-refractivity contribution in [2.75, 3.05) is 0 Å². The van der Waals surface area contributed by atoms with Crippen LogP contribution in [-0.4, -0.2) is 17.2 Å². The molecule has 0 saturated heterocycles. The minimum Gasteiger partial charge on any atom is -0.481 e. The third kappa shape index (κ3) is 1.69. The highest BCUT2D eigenvalue weighted by atomic mass is 19.1. The van der Waals surface area contributed by atoms with E-state index in [4.69, 9.17) is 5.11 Å². The van der Waals surface area contributed by atoms with Gasteiger partial charge in [0.25, 0.3) is 0 Å². The molecule has 3 heteroatoms. The first-order chi connectivity index (χ1) is 4.70. The van der Waals surface area contributed by atoms with Gasteiger partial charge in [0.2, 0.25) is 0 Å². The van der Waals surface area contributed by atoms with Crippen molar-refractivity contribution < 1.29 is 14.3 Å². The molecule has 1 rings (SSSR count). The molecule has 1 fully saturated rings. The Bertz CT molecular complexity index is 136. The van der Waals surface area contributed by atoms with E-state index in [1.165, 1.54) is 0 Å². The molecule has 0 aliphatic heterocycles. The van der Waals surface area contributed by atoms with Crippen molar-refractivity contribution in [2.45, 2.75) is 31.9 Å². The summed E-state index contributed by atoms with van der Waals surface area (Å²) in [5.41, 5.74) is 0. The largest absolute Gasteiger partial charge is 0.481 e. The molecule has 0 aromatic rings. The lowest BCUT2D eigenvalue weighted by Crippen LogP contribution is -2.12. The third-order valence-corrected chi connectivity index (χ3v) is 2.00. The monoisotopic (exact) mass is 146 g/mol. The van der Waals surface area contributed by atoms with Gasteiger partial charge in [0.15, 0.2) is 0 Å². The van der Waals surface area contributed by atoms with Crippen molar-refractivity contribution >= 4 is 5.97 Å². The normalized spacial score (nSPS) is 32.5. The molecule has 10 heavy (non-hydrogen) atoms. The molecule has 0 bridgehead atoms. The number of hydrogen-bond acceptors (Lipinski definition) is 1. The highest BCUT2D eigenvalue weighted by Crippen LogP contribution is 2.30. The zero-order valence-corrected chi connectivity index (χ0v) is 5.72. The molecule has 58 valence electrons. The van der Waals surface area contributed by atoms with Crippen molar-refractivity contribution in [1.29, 1.82) is 0 Å². The van der Waals surface area contributed by atoms with Crippen molar-refractivity contribution in [3.8, 4) is 0 Å². The highest BCUT2D eigenvalue weighted by Gasteiger charge is 2.28. The van der Waals surface area contributed by atoms with Gasteiger partial charge in [-0.15, -0.1) is 0 Å². The van der Waals surface area contributed by atoms with Crippen LogP contribution in [0.2, 0.25) is 0 Å². The Hall–Kier alpha value is -0.600. The van der Waals surface area contributed by atoms with Gasteiger partial charge in [-0.05, 0) is 12.8 Å². The molecule has 2 atom stereocenters. The molecule has 0 radical (unpaired) electrons. The fourth-order valence-electron chi connectivity index (χ4n) is 1.45. The van der Waals surface area contributed by atoms with Crippen LogP contribution >= 0.6 is 0 Å². The summed E-state index contributed by atoms with van der Waals surface area (Å²) in [5, 5.41) is 8.32. The molecule has 0 spiro atoms. The van der Waals surface area contributed by atoms with E-state index in [9.17, 15) is 9.18 Å². The van der Waals surface area contributed by atoms with Crippen LogP contribution in [0, 0.1) is 5.92 Å². The molecule has 2 nitrogen and oxygen atoms in total. The number of halogens is 1. The minimum atomic E-state index is -0.880. The van der Waals surface area contributed by atoms with Gasteiger partial charge in [-0.1, -0.05) is 6.42 Å². The van der Waals surface area contributed by atoms with Crippen LogP contribution < -0.4 is 0 Å². The summed E-state index contributed by atoms with van der Waals surface area (Å²) in [7, 11) is 0. The summed E-state index contributed by atoms with van der Waals surface area (Å²) >= 11 is 0. The van der Waals surface area contributed by atoms with Crippen LogP contribution in [0.3, 0.4) is 0 Å². The van der Waals surface area contributed by atoms with Gasteiger partial charge >= 0.3 is 5.97 Å². The Morgan fingerprint density at radius 2 is 2.30 bits per heavy atom. The number of carbonyl (C=O) groups is 1. The van der Waals surface area contributed by atoms with Crippen LogP contribution in [0.5, 0.6) is 0 Å². The summed E-state index contributed by atoms with van der Waals surface area (Å²) in [5.74, 6) is -1.09. The van der Waals surface area contributed by atoms with Crippen LogP contribution in [0.25, 0.3) is 0 Å². The Labute approximate surface area is 59.0 Å². The van der Waals surface area contributed by atoms with E-state index in [1.54, 1.807) is 0 Å². The topological polar surface area (TPSA) is 37.3 Å². The fraction of sp³-hybridized carbons (Fsp3) is 0.857. The van der Waals surface area contributed by atoms with Crippen molar-refractivity contribution in [3.05, 3.63) is 0 Å². The lowest BCUT2D eigenvalue weighted by molar-refractivity contribution is -0.138. The number of carboxylic acid groups (broad SMARTS) is 1. The Morgan fingerprint density at radius 3 is 2.70 bits per heavy atom. The maximum atomic E-state index is 12.7. The van der Waals surface area contributed by atoms with Crippen molar-refractivity contribution in [2.24, 2.45) is 5.92 Å². The van der Waals surface area contributed by atoms with E-state index in [-0.39, 0.29) is 12.3 Å². The van der Waals surface area contributed by atoms with Gasteiger partial charge < -0.3 is 5.11 Å². The highest BCUT2D eigenvalue weighted by molar-refractivity contribution is 5.67. The van der Waals surface area contributed by atoms with E-state index >= 15 is 0 Å². The van der Waals surface area contributed by atoms with E-state index in [2.05, 4.69) is 0 Å². The lowest BCUT2D eigenvalue weighted by Gasteiger charge is -2.07. The van der Waals surface area contributed by atoms with Gasteiger partial charge in [-0.25, -0.2) is 4.39 Å². The predicted octanol–water partition coefficient (Wildman–Crippen LogP) is 1.60. The first-order valence-corrected chi connectivity index (χ1v) is 3.56. The van der Waals surface area contributed by atoms with Gasteiger partial charge in [0, 0.05) is 5.92 Å². The zero-order chi connectivity index (χ0) is 7.56. The molecular weight excluding hydrogens is 135 g/mol. The molecule has 0 aromatic heterocycles. The standard InChI is InChI=1S/C7H11FO2/c8-6-3-1-2-5(6)4-7(9)10/h5-6H,1-4H2,(H,9,10)/t5-,6-/m0/s1. The van der Waals surface area contributed by atoms with Crippen LogP contribution in [0.15, 0.2) is 0 Å². The van der Waals surface area contributed by atoms with Crippen LogP contribution in [0.4, 0.5) is 4.39 Å². The summed E-state index contributed by atoms with van der Waals surface area (Å²) < 4.78 is 12.7. The number of rotatable bonds is 2. The maximum absolute atomic E-state index is 12.7. The average molecular weight is 146 g/mol. The first-order valence-electron chi connectivity index (χ1n) is 3.56. The molecule has 0 aromatic carbocycles. The number of carboxylic acids is 1. The Balaban J connectivity index is 2.33. The summed E-state index contributed by atoms with van der Waals surface area (Å²) in [4.78, 5) is 10.1. The molecule has 0 amide bonds.